The minimum absolute atomic E-state index is 0.0192. The maximum absolute atomic E-state index is 13.7. The summed E-state index contributed by atoms with van der Waals surface area (Å²) in [5.41, 5.74) is 0.121. The van der Waals surface area contributed by atoms with E-state index in [4.69, 9.17) is 10.00 Å². The molecule has 3 amide bonds. The first-order chi connectivity index (χ1) is 14.8. The van der Waals surface area contributed by atoms with Gasteiger partial charge in [0, 0.05) is 38.8 Å². The number of nitrogens with one attached hydrogen (secondary N) is 1. The number of piperidine rings is 1. The lowest BCUT2D eigenvalue weighted by molar-refractivity contribution is -0.136. The average molecular weight is 436 g/mol. The number of amides is 3. The first kappa shape index (κ1) is 25.3. The minimum atomic E-state index is -0.526. The van der Waals surface area contributed by atoms with E-state index in [1.54, 1.807) is 9.80 Å². The molecule has 176 valence electrons. The molecule has 0 aromatic carbocycles. The molecule has 0 aliphatic carbocycles. The molecule has 0 aromatic rings. The van der Waals surface area contributed by atoms with Crippen LogP contribution in [0.25, 0.3) is 0 Å². The molecule has 2 aliphatic heterocycles. The molecule has 2 saturated heterocycles. The van der Waals surface area contributed by atoms with E-state index in [1.165, 1.54) is 0 Å². The summed E-state index contributed by atoms with van der Waals surface area (Å²) in [6, 6.07) is -0.576. The molecule has 0 spiro atoms. The van der Waals surface area contributed by atoms with Crippen molar-refractivity contribution in [1.29, 1.82) is 5.26 Å². The molecule has 0 bridgehead atoms. The number of hydrogen-bond donors (Lipinski definition) is 1. The number of nitrogens with zero attached hydrogens (tertiary/aromatic N) is 4. The van der Waals surface area contributed by atoms with E-state index in [1.807, 2.05) is 4.90 Å². The van der Waals surface area contributed by atoms with Crippen molar-refractivity contribution in [2.24, 2.45) is 5.41 Å². The highest BCUT2D eigenvalue weighted by Gasteiger charge is 2.34. The molecule has 2 rings (SSSR count). The number of morpholine rings is 1. The molecule has 1 unspecified atom stereocenters. The Morgan fingerprint density at radius 1 is 1.19 bits per heavy atom. The van der Waals surface area contributed by atoms with Crippen molar-refractivity contribution >= 4 is 11.9 Å². The highest BCUT2D eigenvalue weighted by molar-refractivity contribution is 5.87. The number of hydrogen-bond acceptors (Lipinski definition) is 5. The van der Waals surface area contributed by atoms with Crippen LogP contribution in [0.1, 0.15) is 66.2 Å². The van der Waals surface area contributed by atoms with Crippen molar-refractivity contribution in [2.75, 3.05) is 45.9 Å². The minimum Gasteiger partial charge on any atom is -0.378 e. The largest absolute Gasteiger partial charge is 0.378 e. The van der Waals surface area contributed by atoms with Crippen LogP contribution in [0.2, 0.25) is 0 Å². The number of rotatable bonds is 9. The Morgan fingerprint density at radius 2 is 1.84 bits per heavy atom. The Hall–Kier alpha value is -2.01. The summed E-state index contributed by atoms with van der Waals surface area (Å²) in [5, 5.41) is 12.2. The molecule has 0 aromatic heterocycles. The summed E-state index contributed by atoms with van der Waals surface area (Å²) in [7, 11) is 0. The quantitative estimate of drug-likeness (QED) is 0.563. The lowest BCUT2D eigenvalue weighted by atomic mass is 9.83. The number of ether oxygens (including phenoxy) is 1. The van der Waals surface area contributed by atoms with Gasteiger partial charge in [-0.2, -0.15) is 5.26 Å². The van der Waals surface area contributed by atoms with Crippen LogP contribution in [-0.2, 0) is 9.53 Å². The number of urea groups is 1. The summed E-state index contributed by atoms with van der Waals surface area (Å²) in [5.74, 6) is 0.0192. The zero-order valence-corrected chi connectivity index (χ0v) is 19.9. The van der Waals surface area contributed by atoms with Crippen LogP contribution in [-0.4, -0.2) is 84.7 Å². The average Bonchev–Trinajstić information content (AvgIpc) is 2.80. The van der Waals surface area contributed by atoms with Crippen LogP contribution in [0.4, 0.5) is 4.79 Å². The molecule has 0 saturated carbocycles. The van der Waals surface area contributed by atoms with E-state index >= 15 is 0 Å². The Kier molecular flexibility index (Phi) is 9.89. The van der Waals surface area contributed by atoms with Gasteiger partial charge >= 0.3 is 6.03 Å². The number of nitriles is 1. The monoisotopic (exact) mass is 435 g/mol. The maximum atomic E-state index is 13.7. The topological polar surface area (TPSA) is 88.9 Å². The molecule has 2 fully saturated rings. The van der Waals surface area contributed by atoms with E-state index in [9.17, 15) is 9.59 Å². The van der Waals surface area contributed by atoms with Gasteiger partial charge in [-0.15, -0.1) is 0 Å². The van der Waals surface area contributed by atoms with Gasteiger partial charge in [-0.05, 0) is 37.5 Å². The number of carbonyl (C=O) groups is 2. The fraction of sp³-hybridized carbons (Fsp3) is 0.870. The summed E-state index contributed by atoms with van der Waals surface area (Å²) < 4.78 is 5.35. The predicted molar refractivity (Wildman–Crippen MR) is 120 cm³/mol. The maximum Gasteiger partial charge on any atom is 0.318 e. The second-order valence-corrected chi connectivity index (χ2v) is 9.51. The summed E-state index contributed by atoms with van der Waals surface area (Å²) >= 11 is 0. The molecule has 2 heterocycles. The fourth-order valence-corrected chi connectivity index (χ4v) is 4.17. The standard InChI is InChI=1S/C23H41N5O3/c1-5-11-28(19-8-12-26(18-24)13-9-19)21(29)20(7-10-23(3,4)6-2)25-22(30)27-14-16-31-17-15-27/h19-20H,5-17H2,1-4H3,(H,25,30). The van der Waals surface area contributed by atoms with Gasteiger partial charge in [0.15, 0.2) is 6.19 Å². The number of likely N-dealkylation sites (tertiary alicyclic amines) is 1. The van der Waals surface area contributed by atoms with E-state index < -0.39 is 6.04 Å². The highest BCUT2D eigenvalue weighted by Crippen LogP contribution is 2.28. The number of carbonyl (C=O) groups excluding carboxylic acids is 2. The highest BCUT2D eigenvalue weighted by atomic mass is 16.5. The van der Waals surface area contributed by atoms with Crippen molar-refractivity contribution in [3.05, 3.63) is 0 Å². The van der Waals surface area contributed by atoms with Gasteiger partial charge < -0.3 is 24.8 Å². The summed E-state index contributed by atoms with van der Waals surface area (Å²) in [4.78, 5) is 32.1. The molecule has 2 aliphatic rings. The third-order valence-corrected chi connectivity index (χ3v) is 6.76. The third kappa shape index (κ3) is 7.57. The van der Waals surface area contributed by atoms with Gasteiger partial charge in [-0.25, -0.2) is 4.79 Å². The van der Waals surface area contributed by atoms with Gasteiger partial charge in [0.2, 0.25) is 5.91 Å². The Labute approximate surface area is 187 Å². The van der Waals surface area contributed by atoms with E-state index in [2.05, 4.69) is 39.2 Å². The van der Waals surface area contributed by atoms with Crippen LogP contribution in [0.3, 0.4) is 0 Å². The van der Waals surface area contributed by atoms with Crippen LogP contribution >= 0.6 is 0 Å². The smallest absolute Gasteiger partial charge is 0.318 e. The van der Waals surface area contributed by atoms with Crippen molar-refractivity contribution in [3.63, 3.8) is 0 Å². The Bertz CT molecular complexity index is 619. The van der Waals surface area contributed by atoms with E-state index in [0.29, 0.717) is 52.4 Å². The first-order valence-electron chi connectivity index (χ1n) is 11.9. The molecule has 1 atom stereocenters. The van der Waals surface area contributed by atoms with Gasteiger partial charge in [0.05, 0.1) is 13.2 Å². The molecule has 1 N–H and O–H groups in total. The summed E-state index contributed by atoms with van der Waals surface area (Å²) in [6.45, 7) is 12.9. The lowest BCUT2D eigenvalue weighted by Gasteiger charge is -2.39. The second kappa shape index (κ2) is 12.1. The molecular weight excluding hydrogens is 394 g/mol. The zero-order valence-electron chi connectivity index (χ0n) is 19.9. The zero-order chi connectivity index (χ0) is 22.9. The van der Waals surface area contributed by atoms with Crippen molar-refractivity contribution in [2.45, 2.75) is 78.3 Å². The third-order valence-electron chi connectivity index (χ3n) is 6.76. The van der Waals surface area contributed by atoms with Crippen LogP contribution < -0.4 is 5.32 Å². The lowest BCUT2D eigenvalue weighted by Crippen LogP contribution is -2.57. The van der Waals surface area contributed by atoms with Gasteiger partial charge in [-0.3, -0.25) is 4.79 Å². The van der Waals surface area contributed by atoms with E-state index in [0.717, 1.165) is 32.1 Å². The van der Waals surface area contributed by atoms with E-state index in [-0.39, 0.29) is 23.4 Å². The van der Waals surface area contributed by atoms with Gasteiger partial charge in [-0.1, -0.05) is 34.1 Å². The van der Waals surface area contributed by atoms with Crippen LogP contribution in [0.15, 0.2) is 0 Å². The molecular formula is C23H41N5O3. The van der Waals surface area contributed by atoms with Crippen molar-refractivity contribution in [3.8, 4) is 6.19 Å². The molecule has 0 radical (unpaired) electrons. The van der Waals surface area contributed by atoms with Crippen LogP contribution in [0, 0.1) is 16.9 Å². The van der Waals surface area contributed by atoms with Gasteiger partial charge in [0.1, 0.15) is 6.04 Å². The molecule has 8 nitrogen and oxygen atoms in total. The SMILES string of the molecule is CCCN(C(=O)C(CCC(C)(C)CC)NC(=O)N1CCOCC1)C1CCN(C#N)CC1. The van der Waals surface area contributed by atoms with Crippen molar-refractivity contribution < 1.29 is 14.3 Å². The molecule has 31 heavy (non-hydrogen) atoms. The van der Waals surface area contributed by atoms with Gasteiger partial charge in [0.25, 0.3) is 0 Å². The summed E-state index contributed by atoms with van der Waals surface area (Å²) in [6.07, 6.45) is 7.20. The normalized spacial score (nSPS) is 18.9. The molecule has 8 heteroatoms. The first-order valence-corrected chi connectivity index (χ1v) is 11.9. The predicted octanol–water partition coefficient (Wildman–Crippen LogP) is 2.80. The second-order valence-electron chi connectivity index (χ2n) is 9.51. The fourth-order valence-electron chi connectivity index (χ4n) is 4.17. The van der Waals surface area contributed by atoms with Crippen LogP contribution in [0.5, 0.6) is 0 Å². The Balaban J connectivity index is 2.12. The Morgan fingerprint density at radius 3 is 2.39 bits per heavy atom. The van der Waals surface area contributed by atoms with Crippen molar-refractivity contribution in [1.82, 2.24) is 20.0 Å².